The zero-order chi connectivity index (χ0) is 15.0. The maximum absolute atomic E-state index is 13.9. The normalized spacial score (nSPS) is 13.2. The molecule has 0 saturated carbocycles. The maximum atomic E-state index is 13.9. The molecular weight excluding hydrogens is 297 g/mol. The van der Waals surface area contributed by atoms with Gasteiger partial charge in [-0.25, -0.2) is 12.8 Å². The van der Waals surface area contributed by atoms with E-state index < -0.39 is 15.8 Å². The summed E-state index contributed by atoms with van der Waals surface area (Å²) in [5.74, 6) is -0.168. The highest BCUT2D eigenvalue weighted by molar-refractivity contribution is 7.92. The highest BCUT2D eigenvalue weighted by Gasteiger charge is 2.21. The second kappa shape index (κ2) is 4.92. The first-order valence-corrected chi connectivity index (χ1v) is 7.63. The van der Waals surface area contributed by atoms with E-state index in [2.05, 4.69) is 4.72 Å². The minimum atomic E-state index is -3.86. The van der Waals surface area contributed by atoms with Crippen molar-refractivity contribution < 1.29 is 22.3 Å². The summed E-state index contributed by atoms with van der Waals surface area (Å²) in [6.45, 7) is 1.84. The molecule has 7 heteroatoms. The third-order valence-corrected chi connectivity index (χ3v) is 4.42. The van der Waals surface area contributed by atoms with Crippen molar-refractivity contribution in [2.75, 3.05) is 11.5 Å². The zero-order valence-corrected chi connectivity index (χ0v) is 11.9. The lowest BCUT2D eigenvalue weighted by Gasteiger charge is -2.10. The van der Waals surface area contributed by atoms with E-state index in [1.54, 1.807) is 12.1 Å². The Kier molecular flexibility index (Phi) is 3.21. The number of anilines is 1. The number of halogens is 1. The Morgan fingerprint density at radius 3 is 2.38 bits per heavy atom. The molecule has 0 spiro atoms. The summed E-state index contributed by atoms with van der Waals surface area (Å²) in [7, 11) is -3.86. The van der Waals surface area contributed by atoms with Crippen molar-refractivity contribution in [3.05, 3.63) is 47.8 Å². The van der Waals surface area contributed by atoms with Gasteiger partial charge in [-0.05, 0) is 19.1 Å². The average molecular weight is 309 g/mol. The molecule has 0 aromatic heterocycles. The first-order valence-electron chi connectivity index (χ1n) is 6.14. The minimum absolute atomic E-state index is 0.0110. The summed E-state index contributed by atoms with van der Waals surface area (Å²) in [5, 5.41) is 0. The minimum Gasteiger partial charge on any atom is -0.454 e. The SMILES string of the molecule is Cc1ccc(S(=O)(=O)Nc2cc3c(cc2F)OCO3)cc1. The van der Waals surface area contributed by atoms with Crippen LogP contribution in [-0.2, 0) is 10.0 Å². The largest absolute Gasteiger partial charge is 0.454 e. The number of aryl methyl sites for hydroxylation is 1. The summed E-state index contributed by atoms with van der Waals surface area (Å²) in [6.07, 6.45) is 0. The van der Waals surface area contributed by atoms with Crippen LogP contribution >= 0.6 is 0 Å². The molecule has 0 atom stereocenters. The van der Waals surface area contributed by atoms with Gasteiger partial charge in [0, 0.05) is 12.1 Å². The smallest absolute Gasteiger partial charge is 0.261 e. The second-order valence-electron chi connectivity index (χ2n) is 4.60. The van der Waals surface area contributed by atoms with Gasteiger partial charge in [0.15, 0.2) is 17.3 Å². The van der Waals surface area contributed by atoms with Gasteiger partial charge >= 0.3 is 0 Å². The van der Waals surface area contributed by atoms with Crippen molar-refractivity contribution in [3.63, 3.8) is 0 Å². The number of nitrogens with one attached hydrogen (secondary N) is 1. The summed E-state index contributed by atoms with van der Waals surface area (Å²) >= 11 is 0. The van der Waals surface area contributed by atoms with Crippen molar-refractivity contribution in [2.24, 2.45) is 0 Å². The molecular formula is C14H12FNO4S. The first-order chi connectivity index (χ1) is 9.95. The third kappa shape index (κ3) is 2.64. The highest BCUT2D eigenvalue weighted by Crippen LogP contribution is 2.36. The van der Waals surface area contributed by atoms with Crippen LogP contribution in [0.15, 0.2) is 41.3 Å². The molecule has 2 aromatic rings. The molecule has 0 radical (unpaired) electrons. The zero-order valence-electron chi connectivity index (χ0n) is 11.1. The average Bonchev–Trinajstić information content (AvgIpc) is 2.86. The van der Waals surface area contributed by atoms with E-state index in [1.165, 1.54) is 18.2 Å². The van der Waals surface area contributed by atoms with E-state index in [0.29, 0.717) is 5.75 Å². The summed E-state index contributed by atoms with van der Waals surface area (Å²) in [6, 6.07) is 8.62. The molecule has 1 N–H and O–H groups in total. The molecule has 0 unspecified atom stereocenters. The van der Waals surface area contributed by atoms with Crippen molar-refractivity contribution >= 4 is 15.7 Å². The van der Waals surface area contributed by atoms with E-state index in [-0.39, 0.29) is 23.1 Å². The quantitative estimate of drug-likeness (QED) is 0.946. The monoisotopic (exact) mass is 309 g/mol. The van der Waals surface area contributed by atoms with Crippen molar-refractivity contribution in [3.8, 4) is 11.5 Å². The fraction of sp³-hybridized carbons (Fsp3) is 0.143. The number of hydrogen-bond acceptors (Lipinski definition) is 4. The Morgan fingerprint density at radius 1 is 1.10 bits per heavy atom. The topological polar surface area (TPSA) is 64.6 Å². The third-order valence-electron chi connectivity index (χ3n) is 3.04. The van der Waals surface area contributed by atoms with E-state index in [4.69, 9.17) is 9.47 Å². The fourth-order valence-electron chi connectivity index (χ4n) is 1.92. The molecule has 2 aromatic carbocycles. The molecule has 0 saturated heterocycles. The van der Waals surface area contributed by atoms with E-state index in [9.17, 15) is 12.8 Å². The molecule has 21 heavy (non-hydrogen) atoms. The van der Waals surface area contributed by atoms with Crippen LogP contribution in [0.4, 0.5) is 10.1 Å². The molecule has 1 aliphatic heterocycles. The number of sulfonamides is 1. The van der Waals surface area contributed by atoms with Crippen LogP contribution in [-0.4, -0.2) is 15.2 Å². The number of hydrogen-bond donors (Lipinski definition) is 1. The number of rotatable bonds is 3. The Balaban J connectivity index is 1.94. The van der Waals surface area contributed by atoms with E-state index in [1.807, 2.05) is 6.92 Å². The lowest BCUT2D eigenvalue weighted by molar-refractivity contribution is 0.174. The van der Waals surface area contributed by atoms with E-state index >= 15 is 0 Å². The first kappa shape index (κ1) is 13.7. The van der Waals surface area contributed by atoms with Crippen LogP contribution in [0.3, 0.4) is 0 Å². The van der Waals surface area contributed by atoms with Crippen LogP contribution < -0.4 is 14.2 Å². The molecule has 1 aliphatic rings. The Hall–Kier alpha value is -2.28. The predicted molar refractivity (Wildman–Crippen MR) is 74.5 cm³/mol. The molecule has 0 aliphatic carbocycles. The fourth-order valence-corrected chi connectivity index (χ4v) is 2.97. The van der Waals surface area contributed by atoms with Gasteiger partial charge in [-0.3, -0.25) is 4.72 Å². The van der Waals surface area contributed by atoms with Gasteiger partial charge in [-0.15, -0.1) is 0 Å². The van der Waals surface area contributed by atoms with Crippen molar-refractivity contribution in [2.45, 2.75) is 11.8 Å². The molecule has 0 amide bonds. The van der Waals surface area contributed by atoms with Crippen molar-refractivity contribution in [1.29, 1.82) is 0 Å². The summed E-state index contributed by atoms with van der Waals surface area (Å²) < 4.78 is 50.7. The lowest BCUT2D eigenvalue weighted by atomic mass is 10.2. The standard InChI is InChI=1S/C14H12FNO4S/c1-9-2-4-10(5-3-9)21(17,18)16-12-7-14-13(6-11(12)15)19-8-20-14/h2-7,16H,8H2,1H3. The number of fused-ring (bicyclic) bond motifs is 1. The number of ether oxygens (including phenoxy) is 2. The van der Waals surface area contributed by atoms with E-state index in [0.717, 1.165) is 11.6 Å². The van der Waals surface area contributed by atoms with Gasteiger partial charge in [0.2, 0.25) is 6.79 Å². The van der Waals surface area contributed by atoms with Crippen LogP contribution in [0.25, 0.3) is 0 Å². The molecule has 0 bridgehead atoms. The van der Waals surface area contributed by atoms with Crippen LogP contribution in [0, 0.1) is 12.7 Å². The Labute approximate surface area is 121 Å². The molecule has 0 fully saturated rings. The molecule has 5 nitrogen and oxygen atoms in total. The molecule has 1 heterocycles. The summed E-state index contributed by atoms with van der Waals surface area (Å²) in [4.78, 5) is 0.0603. The second-order valence-corrected chi connectivity index (χ2v) is 6.29. The van der Waals surface area contributed by atoms with Gasteiger partial charge in [0.05, 0.1) is 10.6 Å². The molecule has 110 valence electrons. The summed E-state index contributed by atoms with van der Waals surface area (Å²) in [5.41, 5.74) is 0.753. The maximum Gasteiger partial charge on any atom is 0.261 e. The van der Waals surface area contributed by atoms with Crippen LogP contribution in [0.1, 0.15) is 5.56 Å². The van der Waals surface area contributed by atoms with Crippen LogP contribution in [0.2, 0.25) is 0 Å². The Bertz CT molecular complexity index is 787. The molecule has 3 rings (SSSR count). The van der Waals surface area contributed by atoms with Gasteiger partial charge in [-0.1, -0.05) is 17.7 Å². The number of benzene rings is 2. The van der Waals surface area contributed by atoms with Crippen LogP contribution in [0.5, 0.6) is 11.5 Å². The Morgan fingerprint density at radius 2 is 1.71 bits per heavy atom. The lowest BCUT2D eigenvalue weighted by Crippen LogP contribution is -2.14. The predicted octanol–water partition coefficient (Wildman–Crippen LogP) is 2.66. The van der Waals surface area contributed by atoms with Gasteiger partial charge in [0.25, 0.3) is 10.0 Å². The van der Waals surface area contributed by atoms with Gasteiger partial charge in [-0.2, -0.15) is 0 Å². The van der Waals surface area contributed by atoms with Crippen molar-refractivity contribution in [1.82, 2.24) is 0 Å². The highest BCUT2D eigenvalue weighted by atomic mass is 32.2. The van der Waals surface area contributed by atoms with Gasteiger partial charge < -0.3 is 9.47 Å². The van der Waals surface area contributed by atoms with Gasteiger partial charge in [0.1, 0.15) is 0 Å².